The van der Waals surface area contributed by atoms with Crippen molar-refractivity contribution in [3.63, 3.8) is 0 Å². The predicted molar refractivity (Wildman–Crippen MR) is 68.0 cm³/mol. The number of hydrogen-bond donors (Lipinski definition) is 1. The summed E-state index contributed by atoms with van der Waals surface area (Å²) < 4.78 is 77.9. The lowest BCUT2D eigenvalue weighted by Gasteiger charge is -2.12. The molecule has 2 nitrogen and oxygen atoms in total. The normalized spacial score (nSPS) is 12.3. The van der Waals surface area contributed by atoms with Gasteiger partial charge in [0.1, 0.15) is 5.75 Å². The third-order valence-corrected chi connectivity index (χ3v) is 2.78. The number of nitrogen functional groups attached to an aromatic ring is 1. The van der Waals surface area contributed by atoms with Gasteiger partial charge in [0.05, 0.1) is 5.56 Å². The van der Waals surface area contributed by atoms with Crippen LogP contribution in [-0.2, 0) is 6.18 Å². The Kier molecular flexibility index (Phi) is 3.95. The lowest BCUT2D eigenvalue weighted by atomic mass is 10.0. The van der Waals surface area contributed by atoms with E-state index >= 15 is 0 Å². The maximum absolute atomic E-state index is 12.7. The van der Waals surface area contributed by atoms with E-state index in [1.54, 1.807) is 0 Å². The molecule has 0 aliphatic heterocycles. The summed E-state index contributed by atoms with van der Waals surface area (Å²) in [6.07, 6.45) is -9.38. The largest absolute Gasteiger partial charge is 0.573 e. The van der Waals surface area contributed by atoms with Crippen molar-refractivity contribution in [2.45, 2.75) is 12.5 Å². The Morgan fingerprint density at radius 2 is 1.41 bits per heavy atom. The second kappa shape index (κ2) is 5.43. The van der Waals surface area contributed by atoms with Gasteiger partial charge in [-0.2, -0.15) is 13.2 Å². The zero-order valence-corrected chi connectivity index (χ0v) is 10.8. The van der Waals surface area contributed by atoms with Crippen molar-refractivity contribution in [1.29, 1.82) is 0 Å². The molecule has 118 valence electrons. The van der Waals surface area contributed by atoms with Gasteiger partial charge in [-0.15, -0.1) is 13.2 Å². The van der Waals surface area contributed by atoms with E-state index in [0.29, 0.717) is 0 Å². The van der Waals surface area contributed by atoms with E-state index in [4.69, 9.17) is 5.73 Å². The molecule has 2 N–H and O–H groups in total. The number of rotatable bonds is 2. The van der Waals surface area contributed by atoms with Crippen LogP contribution in [0, 0.1) is 0 Å². The Hall–Kier alpha value is -2.38. The Labute approximate surface area is 121 Å². The minimum absolute atomic E-state index is 0.0772. The molecular weight excluding hydrogens is 312 g/mol. The van der Waals surface area contributed by atoms with E-state index < -0.39 is 23.9 Å². The van der Waals surface area contributed by atoms with Crippen LogP contribution in [0.25, 0.3) is 11.1 Å². The molecule has 0 bridgehead atoms. The summed E-state index contributed by atoms with van der Waals surface area (Å²) in [7, 11) is 0. The number of halogens is 6. The lowest BCUT2D eigenvalue weighted by Crippen LogP contribution is -2.16. The summed E-state index contributed by atoms with van der Waals surface area (Å²) in [5, 5.41) is 0. The Morgan fingerprint density at radius 3 is 1.91 bits per heavy atom. The zero-order valence-electron chi connectivity index (χ0n) is 10.8. The molecule has 0 unspecified atom stereocenters. The summed E-state index contributed by atoms with van der Waals surface area (Å²) in [6, 6.07) is 7.18. The molecule has 2 aromatic carbocycles. The van der Waals surface area contributed by atoms with Gasteiger partial charge < -0.3 is 10.5 Å². The first-order valence-electron chi connectivity index (χ1n) is 5.89. The summed E-state index contributed by atoms with van der Waals surface area (Å²) in [6.45, 7) is 0. The van der Waals surface area contributed by atoms with Gasteiger partial charge in [-0.25, -0.2) is 0 Å². The van der Waals surface area contributed by atoms with Crippen molar-refractivity contribution in [2.75, 3.05) is 5.73 Å². The second-order valence-electron chi connectivity index (χ2n) is 4.37. The number of hydrogen-bond acceptors (Lipinski definition) is 2. The molecule has 0 aromatic heterocycles. The number of alkyl halides is 6. The molecule has 0 saturated heterocycles. The molecule has 2 aromatic rings. The Morgan fingerprint density at radius 1 is 0.818 bits per heavy atom. The molecule has 0 aliphatic rings. The highest BCUT2D eigenvalue weighted by molar-refractivity contribution is 5.77. The first-order chi connectivity index (χ1) is 10.1. The fraction of sp³-hybridized carbons (Fsp3) is 0.143. The molecule has 0 spiro atoms. The van der Waals surface area contributed by atoms with E-state index in [2.05, 4.69) is 4.74 Å². The van der Waals surface area contributed by atoms with Crippen LogP contribution >= 0.6 is 0 Å². The van der Waals surface area contributed by atoms with Gasteiger partial charge in [-0.1, -0.05) is 12.1 Å². The van der Waals surface area contributed by atoms with E-state index in [1.807, 2.05) is 0 Å². The van der Waals surface area contributed by atoms with E-state index in [-0.39, 0.29) is 16.8 Å². The van der Waals surface area contributed by atoms with E-state index in [9.17, 15) is 26.3 Å². The molecule has 0 amide bonds. The van der Waals surface area contributed by atoms with Gasteiger partial charge >= 0.3 is 12.5 Å². The van der Waals surface area contributed by atoms with Crippen molar-refractivity contribution in [1.82, 2.24) is 0 Å². The second-order valence-corrected chi connectivity index (χ2v) is 4.37. The lowest BCUT2D eigenvalue weighted by molar-refractivity contribution is -0.274. The van der Waals surface area contributed by atoms with E-state index in [1.165, 1.54) is 12.1 Å². The predicted octanol–water partition coefficient (Wildman–Crippen LogP) is 4.85. The number of benzene rings is 2. The quantitative estimate of drug-likeness (QED) is 0.634. The minimum atomic E-state index is -4.84. The van der Waals surface area contributed by atoms with Crippen LogP contribution in [0.2, 0.25) is 0 Å². The summed E-state index contributed by atoms with van der Waals surface area (Å²) >= 11 is 0. The van der Waals surface area contributed by atoms with Gasteiger partial charge in [-0.3, -0.25) is 0 Å². The van der Waals surface area contributed by atoms with Crippen molar-refractivity contribution >= 4 is 5.69 Å². The van der Waals surface area contributed by atoms with Crippen LogP contribution in [0.3, 0.4) is 0 Å². The number of nitrogens with two attached hydrogens (primary N) is 1. The van der Waals surface area contributed by atoms with Crippen LogP contribution in [0.4, 0.5) is 32.0 Å². The summed E-state index contributed by atoms with van der Waals surface area (Å²) in [5.74, 6) is -0.471. The molecule has 0 saturated carbocycles. The van der Waals surface area contributed by atoms with Gasteiger partial charge in [0, 0.05) is 11.3 Å². The highest BCUT2D eigenvalue weighted by atomic mass is 19.4. The molecule has 0 heterocycles. The highest BCUT2D eigenvalue weighted by Crippen LogP contribution is 2.35. The molecule has 22 heavy (non-hydrogen) atoms. The van der Waals surface area contributed by atoms with Gasteiger partial charge in [0.15, 0.2) is 0 Å². The molecule has 0 fully saturated rings. The van der Waals surface area contributed by atoms with Gasteiger partial charge in [-0.05, 0) is 35.9 Å². The standard InChI is InChI=1S/C14H9F6NO/c15-13(16,17)9-3-6-12(21)11(7-9)8-1-4-10(5-2-8)22-14(18,19)20/h1-7H,21H2. The molecule has 0 aliphatic carbocycles. The van der Waals surface area contributed by atoms with Crippen molar-refractivity contribution in [2.24, 2.45) is 0 Å². The van der Waals surface area contributed by atoms with Crippen molar-refractivity contribution in [3.05, 3.63) is 48.0 Å². The molecular formula is C14H9F6NO. The topological polar surface area (TPSA) is 35.2 Å². The maximum atomic E-state index is 12.7. The zero-order chi connectivity index (χ0) is 16.5. The average Bonchev–Trinajstić information content (AvgIpc) is 2.37. The number of ether oxygens (including phenoxy) is 1. The molecule has 2 rings (SSSR count). The third kappa shape index (κ3) is 3.84. The SMILES string of the molecule is Nc1ccc(C(F)(F)F)cc1-c1ccc(OC(F)(F)F)cc1. The first-order valence-corrected chi connectivity index (χ1v) is 5.89. The molecule has 0 radical (unpaired) electrons. The minimum Gasteiger partial charge on any atom is -0.406 e. The van der Waals surface area contributed by atoms with Crippen molar-refractivity contribution < 1.29 is 31.1 Å². The van der Waals surface area contributed by atoms with E-state index in [0.717, 1.165) is 30.3 Å². The smallest absolute Gasteiger partial charge is 0.406 e. The fourth-order valence-electron chi connectivity index (χ4n) is 1.82. The van der Waals surface area contributed by atoms with Gasteiger partial charge in [0.2, 0.25) is 0 Å². The highest BCUT2D eigenvalue weighted by Gasteiger charge is 2.32. The van der Waals surface area contributed by atoms with Crippen LogP contribution in [0.5, 0.6) is 5.75 Å². The average molecular weight is 321 g/mol. The van der Waals surface area contributed by atoms with Crippen LogP contribution in [-0.4, -0.2) is 6.36 Å². The maximum Gasteiger partial charge on any atom is 0.573 e. The Balaban J connectivity index is 2.36. The first kappa shape index (κ1) is 16.0. The molecule has 0 atom stereocenters. The third-order valence-electron chi connectivity index (χ3n) is 2.78. The summed E-state index contributed by atoms with van der Waals surface area (Å²) in [5.41, 5.74) is 5.14. The fourth-order valence-corrected chi connectivity index (χ4v) is 1.82. The summed E-state index contributed by atoms with van der Waals surface area (Å²) in [4.78, 5) is 0. The molecule has 8 heteroatoms. The Bertz CT molecular complexity index is 661. The van der Waals surface area contributed by atoms with Crippen LogP contribution in [0.1, 0.15) is 5.56 Å². The van der Waals surface area contributed by atoms with Crippen molar-refractivity contribution in [3.8, 4) is 16.9 Å². The van der Waals surface area contributed by atoms with Gasteiger partial charge in [0.25, 0.3) is 0 Å². The van der Waals surface area contributed by atoms with Crippen LogP contribution in [0.15, 0.2) is 42.5 Å². The van der Waals surface area contributed by atoms with Crippen LogP contribution < -0.4 is 10.5 Å². The monoisotopic (exact) mass is 321 g/mol. The number of anilines is 1.